The molecule has 1 atom stereocenters. The second-order valence-electron chi connectivity index (χ2n) is 2.26. The third kappa shape index (κ3) is 1.52. The number of carbonyl (C=O) groups excluding carboxylic acids is 2. The molecule has 1 unspecified atom stereocenters. The molecular weight excluding hydrogens is 118 g/mol. The summed E-state index contributed by atoms with van der Waals surface area (Å²) in [5.74, 6) is 0.259. The van der Waals surface area contributed by atoms with E-state index in [4.69, 9.17) is 0 Å². The van der Waals surface area contributed by atoms with Crippen molar-refractivity contribution in [2.75, 3.05) is 0 Å². The average molecular weight is 127 g/mol. The molecule has 50 valence electrons. The van der Waals surface area contributed by atoms with Crippen LogP contribution >= 0.6 is 0 Å². The van der Waals surface area contributed by atoms with Crippen LogP contribution in [-0.4, -0.2) is 18.2 Å². The van der Waals surface area contributed by atoms with E-state index in [1.165, 1.54) is 0 Å². The molecule has 0 aromatic heterocycles. The summed E-state index contributed by atoms with van der Waals surface area (Å²) in [7, 11) is 0. The standard InChI is InChI=1S/C6H9NO2/c8-4-7-5-1-2-6(9)3-5/h4-5H,1-3H2,(H,7,8). The van der Waals surface area contributed by atoms with Crippen LogP contribution in [0.15, 0.2) is 0 Å². The van der Waals surface area contributed by atoms with Crippen LogP contribution in [0.5, 0.6) is 0 Å². The Balaban J connectivity index is 2.29. The molecule has 0 heterocycles. The van der Waals surface area contributed by atoms with E-state index < -0.39 is 0 Å². The SMILES string of the molecule is O=CNC1CCC(=O)C1. The highest BCUT2D eigenvalue weighted by molar-refractivity contribution is 5.81. The largest absolute Gasteiger partial charge is 0.355 e. The lowest BCUT2D eigenvalue weighted by atomic mass is 10.3. The van der Waals surface area contributed by atoms with Crippen molar-refractivity contribution in [1.29, 1.82) is 0 Å². The summed E-state index contributed by atoms with van der Waals surface area (Å²) >= 11 is 0. The van der Waals surface area contributed by atoms with Gasteiger partial charge in [0.15, 0.2) is 0 Å². The Hall–Kier alpha value is -0.860. The Kier molecular flexibility index (Phi) is 1.82. The van der Waals surface area contributed by atoms with Crippen molar-refractivity contribution >= 4 is 12.2 Å². The van der Waals surface area contributed by atoms with Crippen LogP contribution in [0.3, 0.4) is 0 Å². The van der Waals surface area contributed by atoms with E-state index in [1.54, 1.807) is 0 Å². The number of ketones is 1. The lowest BCUT2D eigenvalue weighted by Gasteiger charge is -2.02. The van der Waals surface area contributed by atoms with Crippen molar-refractivity contribution in [2.45, 2.75) is 25.3 Å². The van der Waals surface area contributed by atoms with Gasteiger partial charge in [-0.1, -0.05) is 0 Å². The monoisotopic (exact) mass is 127 g/mol. The lowest BCUT2D eigenvalue weighted by molar-refractivity contribution is -0.117. The molecule has 1 aliphatic carbocycles. The zero-order valence-electron chi connectivity index (χ0n) is 5.09. The quantitative estimate of drug-likeness (QED) is 0.524. The Labute approximate surface area is 53.4 Å². The highest BCUT2D eigenvalue weighted by atomic mass is 16.1. The van der Waals surface area contributed by atoms with Crippen molar-refractivity contribution in [3.05, 3.63) is 0 Å². The third-order valence-electron chi connectivity index (χ3n) is 1.55. The number of nitrogens with one attached hydrogen (secondary N) is 1. The fourth-order valence-corrected chi connectivity index (χ4v) is 1.05. The second kappa shape index (κ2) is 2.62. The van der Waals surface area contributed by atoms with Gasteiger partial charge in [-0.3, -0.25) is 9.59 Å². The Bertz CT molecular complexity index is 133. The van der Waals surface area contributed by atoms with Crippen molar-refractivity contribution in [2.24, 2.45) is 0 Å². The van der Waals surface area contributed by atoms with E-state index >= 15 is 0 Å². The van der Waals surface area contributed by atoms with Gasteiger partial charge in [-0.2, -0.15) is 0 Å². The number of hydrogen-bond donors (Lipinski definition) is 1. The number of rotatable bonds is 2. The predicted molar refractivity (Wildman–Crippen MR) is 31.8 cm³/mol. The van der Waals surface area contributed by atoms with E-state index in [2.05, 4.69) is 5.32 Å². The van der Waals surface area contributed by atoms with Gasteiger partial charge in [0.2, 0.25) is 6.41 Å². The number of Topliss-reactive ketones (excluding diaryl/α,β-unsaturated/α-hetero) is 1. The fourth-order valence-electron chi connectivity index (χ4n) is 1.05. The van der Waals surface area contributed by atoms with Crippen molar-refractivity contribution in [1.82, 2.24) is 5.32 Å². The first-order chi connectivity index (χ1) is 4.33. The highest BCUT2D eigenvalue weighted by Crippen LogP contribution is 2.13. The lowest BCUT2D eigenvalue weighted by Crippen LogP contribution is -2.24. The van der Waals surface area contributed by atoms with E-state index in [9.17, 15) is 9.59 Å². The van der Waals surface area contributed by atoms with Gasteiger partial charge >= 0.3 is 0 Å². The molecule has 1 rings (SSSR count). The maximum atomic E-state index is 10.6. The van der Waals surface area contributed by atoms with Crippen molar-refractivity contribution < 1.29 is 9.59 Å². The topological polar surface area (TPSA) is 46.2 Å². The molecule has 1 N–H and O–H groups in total. The summed E-state index contributed by atoms with van der Waals surface area (Å²) in [6, 6.07) is 0.120. The molecule has 1 aliphatic rings. The van der Waals surface area contributed by atoms with E-state index in [0.29, 0.717) is 19.3 Å². The van der Waals surface area contributed by atoms with Gasteiger partial charge in [-0.05, 0) is 6.42 Å². The van der Waals surface area contributed by atoms with Gasteiger partial charge in [-0.25, -0.2) is 0 Å². The highest BCUT2D eigenvalue weighted by Gasteiger charge is 2.20. The van der Waals surface area contributed by atoms with Crippen LogP contribution in [0.1, 0.15) is 19.3 Å². The van der Waals surface area contributed by atoms with Crippen LogP contribution < -0.4 is 5.32 Å². The Morgan fingerprint density at radius 3 is 2.89 bits per heavy atom. The zero-order chi connectivity index (χ0) is 6.69. The zero-order valence-corrected chi connectivity index (χ0v) is 5.09. The minimum Gasteiger partial charge on any atom is -0.355 e. The molecule has 0 aromatic carbocycles. The van der Waals surface area contributed by atoms with Crippen LogP contribution in [0.2, 0.25) is 0 Å². The summed E-state index contributed by atoms with van der Waals surface area (Å²) < 4.78 is 0. The first-order valence-electron chi connectivity index (χ1n) is 3.04. The maximum Gasteiger partial charge on any atom is 0.207 e. The summed E-state index contributed by atoms with van der Waals surface area (Å²) in [6.07, 6.45) is 2.63. The molecule has 3 nitrogen and oxygen atoms in total. The molecule has 0 saturated heterocycles. The molecule has 0 radical (unpaired) electrons. The molecule has 0 bridgehead atoms. The van der Waals surface area contributed by atoms with Gasteiger partial charge < -0.3 is 5.32 Å². The van der Waals surface area contributed by atoms with Crippen LogP contribution in [0.25, 0.3) is 0 Å². The van der Waals surface area contributed by atoms with Crippen LogP contribution in [-0.2, 0) is 9.59 Å². The molecular formula is C6H9NO2. The predicted octanol–water partition coefficient (Wildman–Crippen LogP) is -0.146. The first-order valence-corrected chi connectivity index (χ1v) is 3.04. The van der Waals surface area contributed by atoms with E-state index in [-0.39, 0.29) is 11.8 Å². The molecule has 3 heteroatoms. The summed E-state index contributed by atoms with van der Waals surface area (Å²) in [4.78, 5) is 20.4. The Morgan fingerprint density at radius 2 is 2.44 bits per heavy atom. The third-order valence-corrected chi connectivity index (χ3v) is 1.55. The smallest absolute Gasteiger partial charge is 0.207 e. The van der Waals surface area contributed by atoms with Gasteiger partial charge in [0, 0.05) is 18.9 Å². The minimum absolute atomic E-state index is 0.120. The number of hydrogen-bond acceptors (Lipinski definition) is 2. The summed E-state index contributed by atoms with van der Waals surface area (Å²) in [5.41, 5.74) is 0. The van der Waals surface area contributed by atoms with Crippen LogP contribution in [0.4, 0.5) is 0 Å². The van der Waals surface area contributed by atoms with Gasteiger partial charge in [0.05, 0.1) is 0 Å². The molecule has 1 amide bonds. The molecule has 0 aliphatic heterocycles. The summed E-state index contributed by atoms with van der Waals surface area (Å²) in [5, 5.41) is 2.57. The molecule has 1 saturated carbocycles. The van der Waals surface area contributed by atoms with Crippen molar-refractivity contribution in [3.8, 4) is 0 Å². The average Bonchev–Trinajstić information content (AvgIpc) is 2.17. The van der Waals surface area contributed by atoms with Crippen molar-refractivity contribution in [3.63, 3.8) is 0 Å². The van der Waals surface area contributed by atoms with Crippen LogP contribution in [0, 0.1) is 0 Å². The number of carbonyl (C=O) groups is 2. The second-order valence-corrected chi connectivity index (χ2v) is 2.26. The maximum absolute atomic E-state index is 10.6. The first kappa shape index (κ1) is 6.26. The van der Waals surface area contributed by atoms with E-state index in [1.807, 2.05) is 0 Å². The number of amides is 1. The van der Waals surface area contributed by atoms with Gasteiger partial charge in [0.1, 0.15) is 5.78 Å². The Morgan fingerprint density at radius 1 is 1.67 bits per heavy atom. The molecule has 9 heavy (non-hydrogen) atoms. The minimum atomic E-state index is 0.120. The normalized spacial score (nSPS) is 26.2. The summed E-state index contributed by atoms with van der Waals surface area (Å²) in [6.45, 7) is 0. The van der Waals surface area contributed by atoms with E-state index in [0.717, 1.165) is 6.42 Å². The molecule has 1 fully saturated rings. The van der Waals surface area contributed by atoms with Gasteiger partial charge in [0.25, 0.3) is 0 Å². The molecule has 0 spiro atoms. The van der Waals surface area contributed by atoms with Gasteiger partial charge in [-0.15, -0.1) is 0 Å². The fraction of sp³-hybridized carbons (Fsp3) is 0.667. The molecule has 0 aromatic rings.